The molecular weight excluding hydrogens is 256 g/mol. The summed E-state index contributed by atoms with van der Waals surface area (Å²) in [6.45, 7) is 4.01. The maximum absolute atomic E-state index is 11.8. The Hall–Kier alpha value is -2.30. The van der Waals surface area contributed by atoms with Crippen molar-refractivity contribution in [2.24, 2.45) is 0 Å². The lowest BCUT2D eigenvalue weighted by Crippen LogP contribution is -2.35. The first-order valence-electron chi connectivity index (χ1n) is 6.46. The van der Waals surface area contributed by atoms with Gasteiger partial charge in [-0.3, -0.25) is 9.59 Å². The third kappa shape index (κ3) is 2.82. The topological polar surface area (TPSA) is 71.3 Å². The predicted molar refractivity (Wildman–Crippen MR) is 76.5 cm³/mol. The largest absolute Gasteiger partial charge is 0.464 e. The van der Waals surface area contributed by atoms with Crippen LogP contribution >= 0.6 is 0 Å². The first kappa shape index (κ1) is 14.1. The molecule has 1 aromatic heterocycles. The number of carbonyl (C=O) groups excluding carboxylic acids is 2. The second-order valence-corrected chi connectivity index (χ2v) is 4.77. The van der Waals surface area contributed by atoms with Gasteiger partial charge >= 0.3 is 0 Å². The van der Waals surface area contributed by atoms with Gasteiger partial charge < -0.3 is 15.1 Å². The van der Waals surface area contributed by atoms with Crippen molar-refractivity contribution in [3.63, 3.8) is 0 Å². The minimum absolute atomic E-state index is 0.0107. The zero-order valence-corrected chi connectivity index (χ0v) is 11.9. The zero-order chi connectivity index (χ0) is 14.7. The molecule has 2 aromatic rings. The van der Waals surface area contributed by atoms with E-state index in [1.165, 1.54) is 7.05 Å². The maximum atomic E-state index is 11.8. The van der Waals surface area contributed by atoms with Gasteiger partial charge in [-0.1, -0.05) is 12.1 Å². The van der Waals surface area contributed by atoms with E-state index >= 15 is 0 Å². The number of likely N-dealkylation sites (N-methyl/N-ethyl adjacent to an activating group) is 1. The summed E-state index contributed by atoms with van der Waals surface area (Å²) in [7, 11) is 1.53. The van der Waals surface area contributed by atoms with Gasteiger partial charge in [0, 0.05) is 18.0 Å². The first-order chi connectivity index (χ1) is 9.52. The number of nitrogens with one attached hydrogen (secondary N) is 2. The highest BCUT2D eigenvalue weighted by Crippen LogP contribution is 2.26. The first-order valence-corrected chi connectivity index (χ1v) is 6.46. The Bertz CT molecular complexity index is 658. The van der Waals surface area contributed by atoms with Crippen LogP contribution in [0, 0.1) is 13.8 Å². The van der Waals surface area contributed by atoms with Crippen LogP contribution in [0.4, 0.5) is 0 Å². The van der Waals surface area contributed by atoms with E-state index < -0.39 is 0 Å². The van der Waals surface area contributed by atoms with Gasteiger partial charge in [0.1, 0.15) is 5.58 Å². The molecule has 2 rings (SSSR count). The highest BCUT2D eigenvalue weighted by atomic mass is 16.3. The Kier molecular flexibility index (Phi) is 4.08. The Balaban J connectivity index is 2.12. The molecule has 0 saturated heterocycles. The average Bonchev–Trinajstić information content (AvgIpc) is 2.84. The summed E-state index contributed by atoms with van der Waals surface area (Å²) in [5.74, 6) is -0.420. The van der Waals surface area contributed by atoms with E-state index in [2.05, 4.69) is 10.6 Å². The smallest absolute Gasteiger partial charge is 0.239 e. The quantitative estimate of drug-likeness (QED) is 0.886. The van der Waals surface area contributed by atoms with Crippen molar-refractivity contribution < 1.29 is 14.0 Å². The zero-order valence-electron chi connectivity index (χ0n) is 11.9. The number of hydrogen-bond donors (Lipinski definition) is 2. The molecule has 1 heterocycles. The van der Waals surface area contributed by atoms with Crippen LogP contribution in [-0.2, 0) is 16.0 Å². The van der Waals surface area contributed by atoms with Crippen LogP contribution in [0.15, 0.2) is 22.8 Å². The number of benzene rings is 1. The van der Waals surface area contributed by atoms with E-state index in [1.807, 2.05) is 26.0 Å². The molecule has 0 saturated carbocycles. The fourth-order valence-electron chi connectivity index (χ4n) is 2.03. The third-order valence-corrected chi connectivity index (χ3v) is 3.42. The molecule has 5 heteroatoms. The van der Waals surface area contributed by atoms with Gasteiger partial charge in [-0.15, -0.1) is 0 Å². The summed E-state index contributed by atoms with van der Waals surface area (Å²) in [5.41, 5.74) is 3.89. The van der Waals surface area contributed by atoms with Crippen molar-refractivity contribution in [2.75, 3.05) is 13.6 Å². The fraction of sp³-hybridized carbons (Fsp3) is 0.333. The van der Waals surface area contributed by atoms with Crippen LogP contribution in [-0.4, -0.2) is 25.4 Å². The number of hydrogen-bond acceptors (Lipinski definition) is 3. The van der Waals surface area contributed by atoms with Crippen molar-refractivity contribution in [3.8, 4) is 0 Å². The average molecular weight is 274 g/mol. The monoisotopic (exact) mass is 274 g/mol. The normalized spacial score (nSPS) is 10.6. The van der Waals surface area contributed by atoms with Crippen molar-refractivity contribution >= 4 is 22.8 Å². The predicted octanol–water partition coefficient (Wildman–Crippen LogP) is 1.45. The summed E-state index contributed by atoms with van der Waals surface area (Å²) < 4.78 is 5.55. The summed E-state index contributed by atoms with van der Waals surface area (Å²) >= 11 is 0. The molecule has 0 radical (unpaired) electrons. The minimum atomic E-state index is -0.220. The van der Waals surface area contributed by atoms with E-state index in [0.717, 1.165) is 27.7 Å². The van der Waals surface area contributed by atoms with Crippen LogP contribution in [0.5, 0.6) is 0 Å². The van der Waals surface area contributed by atoms with E-state index in [0.29, 0.717) is 0 Å². The second-order valence-electron chi connectivity index (χ2n) is 4.77. The molecule has 2 N–H and O–H groups in total. The number of amides is 2. The fourth-order valence-corrected chi connectivity index (χ4v) is 2.03. The Morgan fingerprint density at radius 2 is 1.95 bits per heavy atom. The summed E-state index contributed by atoms with van der Waals surface area (Å²) in [6, 6.07) is 3.97. The molecule has 5 nitrogen and oxygen atoms in total. The van der Waals surface area contributed by atoms with Gasteiger partial charge in [-0.05, 0) is 25.0 Å². The molecule has 0 unspecified atom stereocenters. The minimum Gasteiger partial charge on any atom is -0.464 e. The lowest BCUT2D eigenvalue weighted by molar-refractivity contribution is -0.125. The number of carbonyl (C=O) groups is 2. The molecular formula is C15H18N2O3. The van der Waals surface area contributed by atoms with E-state index in [4.69, 9.17) is 4.42 Å². The highest BCUT2D eigenvalue weighted by molar-refractivity contribution is 5.91. The van der Waals surface area contributed by atoms with Crippen LogP contribution in [0.25, 0.3) is 11.0 Å². The lowest BCUT2D eigenvalue weighted by atomic mass is 10.0. The van der Waals surface area contributed by atoms with Crippen LogP contribution in [0.3, 0.4) is 0 Å². The molecule has 1 aromatic carbocycles. The van der Waals surface area contributed by atoms with Crippen molar-refractivity contribution in [2.45, 2.75) is 20.3 Å². The number of rotatable bonds is 4. The van der Waals surface area contributed by atoms with Gasteiger partial charge in [-0.2, -0.15) is 0 Å². The van der Waals surface area contributed by atoms with E-state index in [-0.39, 0.29) is 24.8 Å². The number of furan rings is 1. The molecule has 0 bridgehead atoms. The Morgan fingerprint density at radius 1 is 1.20 bits per heavy atom. The van der Waals surface area contributed by atoms with Crippen molar-refractivity contribution in [3.05, 3.63) is 35.1 Å². The molecule has 106 valence electrons. The summed E-state index contributed by atoms with van der Waals surface area (Å²) in [6.07, 6.45) is 1.81. The van der Waals surface area contributed by atoms with Crippen molar-refractivity contribution in [1.82, 2.24) is 10.6 Å². The van der Waals surface area contributed by atoms with Crippen LogP contribution < -0.4 is 10.6 Å². The summed E-state index contributed by atoms with van der Waals surface area (Å²) in [4.78, 5) is 22.9. The van der Waals surface area contributed by atoms with Gasteiger partial charge in [0.25, 0.3) is 0 Å². The van der Waals surface area contributed by atoms with Gasteiger partial charge in [0.15, 0.2) is 0 Å². The molecule has 0 aliphatic heterocycles. The van der Waals surface area contributed by atoms with E-state index in [9.17, 15) is 9.59 Å². The molecule has 2 amide bonds. The SMILES string of the molecule is CNC(=O)CNC(=O)Cc1coc2c(C)c(C)ccc12. The van der Waals surface area contributed by atoms with E-state index in [1.54, 1.807) is 6.26 Å². The standard InChI is InChI=1S/C15H18N2O3/c1-9-4-5-12-11(8-20-15(12)10(9)2)6-13(18)17-7-14(19)16-3/h4-5,8H,6-7H2,1-3H3,(H,16,19)(H,17,18). The van der Waals surface area contributed by atoms with Gasteiger partial charge in [-0.25, -0.2) is 0 Å². The molecule has 20 heavy (non-hydrogen) atoms. The van der Waals surface area contributed by atoms with Crippen LogP contribution in [0.2, 0.25) is 0 Å². The maximum Gasteiger partial charge on any atom is 0.239 e. The van der Waals surface area contributed by atoms with Gasteiger partial charge in [0.2, 0.25) is 11.8 Å². The molecule has 0 aliphatic rings. The van der Waals surface area contributed by atoms with Gasteiger partial charge in [0.05, 0.1) is 19.2 Å². The number of fused-ring (bicyclic) bond motifs is 1. The highest BCUT2D eigenvalue weighted by Gasteiger charge is 2.13. The molecule has 0 aliphatic carbocycles. The third-order valence-electron chi connectivity index (χ3n) is 3.42. The Morgan fingerprint density at radius 3 is 2.65 bits per heavy atom. The van der Waals surface area contributed by atoms with Crippen molar-refractivity contribution in [1.29, 1.82) is 0 Å². The van der Waals surface area contributed by atoms with Crippen LogP contribution in [0.1, 0.15) is 16.7 Å². The lowest BCUT2D eigenvalue weighted by Gasteiger charge is -2.04. The molecule has 0 atom stereocenters. The molecule has 0 fully saturated rings. The molecule has 0 spiro atoms. The Labute approximate surface area is 117 Å². The summed E-state index contributed by atoms with van der Waals surface area (Å²) in [5, 5.41) is 5.97. The second kappa shape index (κ2) is 5.77. The number of aryl methyl sites for hydroxylation is 2.